The molecule has 3 aromatic carbocycles. The average Bonchev–Trinajstić information content (AvgIpc) is 2.90. The number of carbonyl (C=O) groups excluding carboxylic acids is 2. The number of rotatable bonds is 12. The van der Waals surface area contributed by atoms with Crippen LogP contribution >= 0.6 is 0 Å². The van der Waals surface area contributed by atoms with Gasteiger partial charge in [-0.1, -0.05) is 66.7 Å². The summed E-state index contributed by atoms with van der Waals surface area (Å²) in [5.41, 5.74) is 4.88. The molecule has 42 heavy (non-hydrogen) atoms. The summed E-state index contributed by atoms with van der Waals surface area (Å²) in [5.74, 6) is -0.418. The van der Waals surface area contributed by atoms with Crippen LogP contribution in [0.1, 0.15) is 61.4 Å². The Bertz CT molecular complexity index is 1480. The normalized spacial score (nSPS) is 12.5. The molecule has 0 fully saturated rings. The van der Waals surface area contributed by atoms with Crippen LogP contribution in [0.5, 0.6) is 0 Å². The van der Waals surface area contributed by atoms with E-state index in [9.17, 15) is 18.0 Å². The van der Waals surface area contributed by atoms with E-state index in [0.717, 1.165) is 27.8 Å². The van der Waals surface area contributed by atoms with Gasteiger partial charge in [0.1, 0.15) is 6.04 Å². The summed E-state index contributed by atoms with van der Waals surface area (Å²) in [7, 11) is -3.58. The lowest BCUT2D eigenvalue weighted by molar-refractivity contribution is -0.142. The summed E-state index contributed by atoms with van der Waals surface area (Å²) in [6.07, 6.45) is 1.95. The second-order valence-corrected chi connectivity index (χ2v) is 14.0. The van der Waals surface area contributed by atoms with Gasteiger partial charge in [-0.25, -0.2) is 8.42 Å². The molecular formula is C34H45N3O4S. The molecule has 226 valence electrons. The maximum atomic E-state index is 14.0. The van der Waals surface area contributed by atoms with E-state index in [1.54, 1.807) is 4.90 Å². The van der Waals surface area contributed by atoms with Crippen molar-refractivity contribution in [1.82, 2.24) is 10.2 Å². The first-order chi connectivity index (χ1) is 19.7. The molecule has 0 bridgehead atoms. The summed E-state index contributed by atoms with van der Waals surface area (Å²) in [4.78, 5) is 29.5. The Morgan fingerprint density at radius 2 is 1.52 bits per heavy atom. The first-order valence-electron chi connectivity index (χ1n) is 14.4. The lowest BCUT2D eigenvalue weighted by Crippen LogP contribution is -2.54. The zero-order valence-electron chi connectivity index (χ0n) is 26.0. The van der Waals surface area contributed by atoms with Gasteiger partial charge in [0.2, 0.25) is 21.8 Å². The predicted molar refractivity (Wildman–Crippen MR) is 171 cm³/mol. The number of hydrogen-bond donors (Lipinski definition) is 1. The highest BCUT2D eigenvalue weighted by Crippen LogP contribution is 2.25. The molecule has 0 radical (unpaired) electrons. The van der Waals surface area contributed by atoms with Crippen molar-refractivity contribution in [3.63, 3.8) is 0 Å². The van der Waals surface area contributed by atoms with Crippen molar-refractivity contribution < 1.29 is 18.0 Å². The largest absolute Gasteiger partial charge is 0.350 e. The van der Waals surface area contributed by atoms with Crippen molar-refractivity contribution in [3.8, 4) is 0 Å². The molecule has 0 aromatic heterocycles. The molecule has 0 aliphatic carbocycles. The monoisotopic (exact) mass is 591 g/mol. The van der Waals surface area contributed by atoms with Gasteiger partial charge in [0.15, 0.2) is 0 Å². The Morgan fingerprint density at radius 3 is 2.14 bits per heavy atom. The fourth-order valence-corrected chi connectivity index (χ4v) is 5.96. The van der Waals surface area contributed by atoms with E-state index in [2.05, 4.69) is 5.32 Å². The van der Waals surface area contributed by atoms with E-state index in [0.29, 0.717) is 18.5 Å². The molecule has 1 atom stereocenters. The van der Waals surface area contributed by atoms with Crippen LogP contribution in [0, 0.1) is 20.8 Å². The predicted octanol–water partition coefficient (Wildman–Crippen LogP) is 5.71. The minimum Gasteiger partial charge on any atom is -0.350 e. The Hall–Kier alpha value is -3.65. The fraction of sp³-hybridized carbons (Fsp3) is 0.412. The highest BCUT2D eigenvalue weighted by atomic mass is 32.2. The van der Waals surface area contributed by atoms with Crippen molar-refractivity contribution >= 4 is 27.5 Å². The van der Waals surface area contributed by atoms with Crippen LogP contribution in [-0.4, -0.2) is 49.5 Å². The Labute approximate surface area is 252 Å². The first kappa shape index (κ1) is 32.9. The first-order valence-corrected chi connectivity index (χ1v) is 16.3. The third-order valence-corrected chi connectivity index (χ3v) is 8.34. The molecule has 3 aromatic rings. The maximum absolute atomic E-state index is 14.0. The SMILES string of the molecule is Cc1ccc(C)c(N(CCCC(=O)N(Cc2ccccc2C)C(Cc2ccccc2)C(=O)NC(C)(C)C)S(C)(=O)=O)c1. The van der Waals surface area contributed by atoms with Crippen LogP contribution in [0.25, 0.3) is 0 Å². The number of sulfonamides is 1. The number of benzene rings is 3. The second kappa shape index (κ2) is 14.0. The van der Waals surface area contributed by atoms with Crippen LogP contribution in [0.2, 0.25) is 0 Å². The number of anilines is 1. The number of aryl methyl sites for hydroxylation is 3. The van der Waals surface area contributed by atoms with E-state index in [1.165, 1.54) is 10.6 Å². The Kier molecular flexibility index (Phi) is 11.0. The summed E-state index contributed by atoms with van der Waals surface area (Å²) in [6, 6.07) is 22.5. The van der Waals surface area contributed by atoms with Gasteiger partial charge in [-0.2, -0.15) is 0 Å². The highest BCUT2D eigenvalue weighted by Gasteiger charge is 2.32. The molecule has 7 nitrogen and oxygen atoms in total. The maximum Gasteiger partial charge on any atom is 0.243 e. The molecule has 0 spiro atoms. The van der Waals surface area contributed by atoms with E-state index in [1.807, 2.05) is 114 Å². The molecular weight excluding hydrogens is 546 g/mol. The van der Waals surface area contributed by atoms with Gasteiger partial charge in [-0.05, 0) is 81.8 Å². The number of carbonyl (C=O) groups is 2. The highest BCUT2D eigenvalue weighted by molar-refractivity contribution is 7.92. The minimum absolute atomic E-state index is 0.0941. The van der Waals surface area contributed by atoms with Gasteiger partial charge < -0.3 is 10.2 Å². The third kappa shape index (κ3) is 9.44. The van der Waals surface area contributed by atoms with Crippen molar-refractivity contribution in [2.75, 3.05) is 17.1 Å². The lowest BCUT2D eigenvalue weighted by atomic mass is 9.99. The quantitative estimate of drug-likeness (QED) is 0.292. The second-order valence-electron chi connectivity index (χ2n) is 12.1. The molecule has 1 N–H and O–H groups in total. The standard InChI is InChI=1S/C34H45N3O4S/c1-25-19-20-27(3)30(22-25)37(42(7,40)41)21-13-18-32(38)36(24-29-17-12-11-14-26(29)2)31(33(39)35-34(4,5)6)23-28-15-9-8-10-16-28/h8-12,14-17,19-20,22,31H,13,18,21,23-24H2,1-7H3,(H,35,39). The molecule has 0 saturated carbocycles. The van der Waals surface area contributed by atoms with Crippen molar-refractivity contribution in [2.45, 2.75) is 78.9 Å². The van der Waals surface area contributed by atoms with Crippen LogP contribution in [0.15, 0.2) is 72.8 Å². The van der Waals surface area contributed by atoms with Gasteiger partial charge in [-0.3, -0.25) is 13.9 Å². The molecule has 0 aliphatic rings. The molecule has 0 saturated heterocycles. The Morgan fingerprint density at radius 1 is 0.881 bits per heavy atom. The molecule has 8 heteroatoms. The zero-order chi connectivity index (χ0) is 31.1. The fourth-order valence-electron chi connectivity index (χ4n) is 4.95. The summed E-state index contributed by atoms with van der Waals surface area (Å²) < 4.78 is 27.0. The molecule has 2 amide bonds. The van der Waals surface area contributed by atoms with E-state index in [-0.39, 0.29) is 31.3 Å². The molecule has 0 aliphatic heterocycles. The molecule has 1 unspecified atom stereocenters. The number of amides is 2. The number of nitrogens with zero attached hydrogens (tertiary/aromatic N) is 2. The summed E-state index contributed by atoms with van der Waals surface area (Å²) in [6.45, 7) is 12.0. The molecule has 3 rings (SSSR count). The van der Waals surface area contributed by atoms with Crippen molar-refractivity contribution in [2.24, 2.45) is 0 Å². The van der Waals surface area contributed by atoms with Gasteiger partial charge >= 0.3 is 0 Å². The van der Waals surface area contributed by atoms with E-state index < -0.39 is 21.6 Å². The third-order valence-electron chi connectivity index (χ3n) is 7.16. The van der Waals surface area contributed by atoms with Gasteiger partial charge in [0.25, 0.3) is 0 Å². The van der Waals surface area contributed by atoms with Crippen LogP contribution in [0.3, 0.4) is 0 Å². The van der Waals surface area contributed by atoms with Gasteiger partial charge in [0, 0.05) is 31.5 Å². The van der Waals surface area contributed by atoms with Crippen molar-refractivity contribution in [3.05, 3.63) is 101 Å². The van der Waals surface area contributed by atoms with E-state index in [4.69, 9.17) is 0 Å². The Balaban J connectivity index is 1.93. The summed E-state index contributed by atoms with van der Waals surface area (Å²) >= 11 is 0. The number of nitrogens with one attached hydrogen (secondary N) is 1. The van der Waals surface area contributed by atoms with Crippen LogP contribution in [-0.2, 0) is 32.6 Å². The van der Waals surface area contributed by atoms with Gasteiger partial charge in [-0.15, -0.1) is 0 Å². The van der Waals surface area contributed by atoms with Crippen LogP contribution < -0.4 is 9.62 Å². The van der Waals surface area contributed by atoms with Crippen molar-refractivity contribution in [1.29, 1.82) is 0 Å². The summed E-state index contributed by atoms with van der Waals surface area (Å²) in [5, 5.41) is 3.08. The van der Waals surface area contributed by atoms with Gasteiger partial charge in [0.05, 0.1) is 11.9 Å². The zero-order valence-corrected chi connectivity index (χ0v) is 26.8. The smallest absolute Gasteiger partial charge is 0.243 e. The van der Waals surface area contributed by atoms with Crippen LogP contribution in [0.4, 0.5) is 5.69 Å². The van der Waals surface area contributed by atoms with E-state index >= 15 is 0 Å². The lowest BCUT2D eigenvalue weighted by Gasteiger charge is -2.34. The average molecular weight is 592 g/mol. The molecule has 0 heterocycles. The number of hydrogen-bond acceptors (Lipinski definition) is 4. The minimum atomic E-state index is -3.58. The topological polar surface area (TPSA) is 86.8 Å².